The smallest absolute Gasteiger partial charge is 0.242 e. The Labute approximate surface area is 171 Å². The highest BCUT2D eigenvalue weighted by Gasteiger charge is 2.26. The SMILES string of the molecule is Cc1cc(N2CCN([C@H](C)C(=O)Nc3ccc(Cl)cn3)CC2)nc(C(C)C)n1. The molecule has 0 aliphatic carbocycles. The van der Waals surface area contributed by atoms with E-state index in [4.69, 9.17) is 16.6 Å². The van der Waals surface area contributed by atoms with Crippen LogP contribution in [0.5, 0.6) is 0 Å². The van der Waals surface area contributed by atoms with Gasteiger partial charge in [-0.25, -0.2) is 15.0 Å². The van der Waals surface area contributed by atoms with Gasteiger partial charge in [0.25, 0.3) is 0 Å². The highest BCUT2D eigenvalue weighted by molar-refractivity contribution is 6.30. The molecule has 1 N–H and O–H groups in total. The van der Waals surface area contributed by atoms with E-state index in [1.807, 2.05) is 19.9 Å². The minimum Gasteiger partial charge on any atom is -0.354 e. The molecule has 1 aliphatic rings. The number of hydrogen-bond donors (Lipinski definition) is 1. The summed E-state index contributed by atoms with van der Waals surface area (Å²) in [4.78, 5) is 30.4. The first-order chi connectivity index (χ1) is 13.3. The number of piperazine rings is 1. The fourth-order valence-corrected chi connectivity index (χ4v) is 3.29. The molecule has 0 bridgehead atoms. The largest absolute Gasteiger partial charge is 0.354 e. The molecule has 0 aromatic carbocycles. The Morgan fingerprint density at radius 1 is 1.14 bits per heavy atom. The number of hydrogen-bond acceptors (Lipinski definition) is 6. The molecule has 0 radical (unpaired) electrons. The molecule has 1 aliphatic heterocycles. The van der Waals surface area contributed by atoms with Crippen molar-refractivity contribution in [1.29, 1.82) is 0 Å². The molecule has 28 heavy (non-hydrogen) atoms. The second-order valence-electron chi connectivity index (χ2n) is 7.43. The van der Waals surface area contributed by atoms with Gasteiger partial charge in [0, 0.05) is 50.1 Å². The molecule has 3 rings (SSSR count). The summed E-state index contributed by atoms with van der Waals surface area (Å²) in [6.45, 7) is 11.4. The molecule has 1 saturated heterocycles. The molecule has 1 fully saturated rings. The Kier molecular flexibility index (Phi) is 6.46. The van der Waals surface area contributed by atoms with Gasteiger partial charge in [0.1, 0.15) is 17.5 Å². The maximum atomic E-state index is 12.6. The van der Waals surface area contributed by atoms with Crippen LogP contribution in [-0.2, 0) is 4.79 Å². The van der Waals surface area contributed by atoms with Crippen LogP contribution in [0.4, 0.5) is 11.6 Å². The Morgan fingerprint density at radius 3 is 2.46 bits per heavy atom. The quantitative estimate of drug-likeness (QED) is 0.828. The molecule has 1 amide bonds. The summed E-state index contributed by atoms with van der Waals surface area (Å²) in [7, 11) is 0. The van der Waals surface area contributed by atoms with Gasteiger partial charge in [0.2, 0.25) is 5.91 Å². The normalized spacial score (nSPS) is 16.3. The predicted octanol–water partition coefficient (Wildman–Crippen LogP) is 3.11. The number of aromatic nitrogens is 3. The number of halogens is 1. The number of rotatable bonds is 5. The molecule has 150 valence electrons. The van der Waals surface area contributed by atoms with E-state index in [-0.39, 0.29) is 11.9 Å². The minimum absolute atomic E-state index is 0.0664. The number of carbonyl (C=O) groups excluding carboxylic acids is 1. The van der Waals surface area contributed by atoms with E-state index < -0.39 is 0 Å². The van der Waals surface area contributed by atoms with E-state index in [0.29, 0.717) is 16.8 Å². The van der Waals surface area contributed by atoms with Crippen molar-refractivity contribution in [2.24, 2.45) is 0 Å². The van der Waals surface area contributed by atoms with Gasteiger partial charge in [-0.3, -0.25) is 9.69 Å². The Balaban J connectivity index is 1.58. The fourth-order valence-electron chi connectivity index (χ4n) is 3.18. The van der Waals surface area contributed by atoms with Crippen LogP contribution in [0.15, 0.2) is 24.4 Å². The van der Waals surface area contributed by atoms with Crippen molar-refractivity contribution in [2.75, 3.05) is 36.4 Å². The lowest BCUT2D eigenvalue weighted by Gasteiger charge is -2.38. The van der Waals surface area contributed by atoms with E-state index in [1.165, 1.54) is 6.20 Å². The molecule has 2 aromatic rings. The van der Waals surface area contributed by atoms with Gasteiger partial charge in [-0.15, -0.1) is 0 Å². The van der Waals surface area contributed by atoms with Crippen LogP contribution in [0.2, 0.25) is 5.02 Å². The number of nitrogens with one attached hydrogen (secondary N) is 1. The van der Waals surface area contributed by atoms with Crippen LogP contribution in [0.3, 0.4) is 0 Å². The molecule has 0 unspecified atom stereocenters. The molecule has 7 nitrogen and oxygen atoms in total. The first-order valence-corrected chi connectivity index (χ1v) is 9.98. The molecular weight excluding hydrogens is 376 g/mol. The van der Waals surface area contributed by atoms with Crippen LogP contribution < -0.4 is 10.2 Å². The van der Waals surface area contributed by atoms with Gasteiger partial charge in [0.05, 0.1) is 11.1 Å². The monoisotopic (exact) mass is 402 g/mol. The topological polar surface area (TPSA) is 74.2 Å². The van der Waals surface area contributed by atoms with Crippen molar-refractivity contribution in [3.63, 3.8) is 0 Å². The van der Waals surface area contributed by atoms with Gasteiger partial charge in [-0.2, -0.15) is 0 Å². The van der Waals surface area contributed by atoms with Gasteiger partial charge >= 0.3 is 0 Å². The van der Waals surface area contributed by atoms with Gasteiger partial charge in [-0.1, -0.05) is 25.4 Å². The average molecular weight is 403 g/mol. The molecule has 0 saturated carbocycles. The highest BCUT2D eigenvalue weighted by atomic mass is 35.5. The van der Waals surface area contributed by atoms with Crippen LogP contribution in [0, 0.1) is 6.92 Å². The summed E-state index contributed by atoms with van der Waals surface area (Å²) >= 11 is 5.84. The van der Waals surface area contributed by atoms with Crippen LogP contribution in [0.25, 0.3) is 0 Å². The maximum Gasteiger partial charge on any atom is 0.242 e. The summed E-state index contributed by atoms with van der Waals surface area (Å²) in [5.74, 6) is 2.59. The first-order valence-electron chi connectivity index (χ1n) is 9.60. The molecule has 3 heterocycles. The third-order valence-electron chi connectivity index (χ3n) is 4.92. The lowest BCUT2D eigenvalue weighted by atomic mass is 10.2. The number of nitrogens with zero attached hydrogens (tertiary/aromatic N) is 5. The second kappa shape index (κ2) is 8.84. The third kappa shape index (κ3) is 4.97. The summed E-state index contributed by atoms with van der Waals surface area (Å²) in [5.41, 5.74) is 0.985. The number of aryl methyl sites for hydroxylation is 1. The number of anilines is 2. The zero-order valence-electron chi connectivity index (χ0n) is 16.8. The Morgan fingerprint density at radius 2 is 1.86 bits per heavy atom. The van der Waals surface area contributed by atoms with E-state index in [1.54, 1.807) is 12.1 Å². The van der Waals surface area contributed by atoms with E-state index >= 15 is 0 Å². The van der Waals surface area contributed by atoms with Crippen LogP contribution in [-0.4, -0.2) is 58.0 Å². The second-order valence-corrected chi connectivity index (χ2v) is 7.87. The van der Waals surface area contributed by atoms with Crippen molar-refractivity contribution in [3.8, 4) is 0 Å². The third-order valence-corrected chi connectivity index (χ3v) is 5.14. The lowest BCUT2D eigenvalue weighted by molar-refractivity contribution is -0.120. The average Bonchev–Trinajstić information content (AvgIpc) is 2.68. The van der Waals surface area contributed by atoms with Crippen molar-refractivity contribution >= 4 is 29.1 Å². The van der Waals surface area contributed by atoms with Crippen LogP contribution >= 0.6 is 11.6 Å². The summed E-state index contributed by atoms with van der Waals surface area (Å²) in [5, 5.41) is 3.40. The Bertz CT molecular complexity index is 818. The lowest BCUT2D eigenvalue weighted by Crippen LogP contribution is -2.53. The standard InChI is InChI=1S/C20H27ClN6O/c1-13(2)19-23-14(3)11-18(25-19)27-9-7-26(8-10-27)15(4)20(28)24-17-6-5-16(21)12-22-17/h5-6,11-13,15H,7-10H2,1-4H3,(H,22,24,28)/t15-/m1/s1. The minimum atomic E-state index is -0.238. The summed E-state index contributed by atoms with van der Waals surface area (Å²) < 4.78 is 0. The number of amides is 1. The fraction of sp³-hybridized carbons (Fsp3) is 0.500. The highest BCUT2D eigenvalue weighted by Crippen LogP contribution is 2.19. The zero-order valence-corrected chi connectivity index (χ0v) is 17.6. The molecule has 8 heteroatoms. The first kappa shape index (κ1) is 20.5. The van der Waals surface area contributed by atoms with Crippen molar-refractivity contribution < 1.29 is 4.79 Å². The van der Waals surface area contributed by atoms with Gasteiger partial charge < -0.3 is 10.2 Å². The van der Waals surface area contributed by atoms with Crippen molar-refractivity contribution in [2.45, 2.75) is 39.7 Å². The van der Waals surface area contributed by atoms with Gasteiger partial charge in [0.15, 0.2) is 0 Å². The summed E-state index contributed by atoms with van der Waals surface area (Å²) in [6.07, 6.45) is 1.52. The van der Waals surface area contributed by atoms with E-state index in [2.05, 4.69) is 38.9 Å². The summed E-state index contributed by atoms with van der Waals surface area (Å²) in [6, 6.07) is 5.21. The van der Waals surface area contributed by atoms with E-state index in [9.17, 15) is 4.79 Å². The molecular formula is C20H27ClN6O. The molecule has 2 aromatic heterocycles. The van der Waals surface area contributed by atoms with Crippen molar-refractivity contribution in [1.82, 2.24) is 19.9 Å². The van der Waals surface area contributed by atoms with E-state index in [0.717, 1.165) is 43.5 Å². The Hall–Kier alpha value is -2.25. The maximum absolute atomic E-state index is 12.6. The van der Waals surface area contributed by atoms with Crippen molar-refractivity contribution in [3.05, 3.63) is 40.9 Å². The van der Waals surface area contributed by atoms with Gasteiger partial charge in [-0.05, 0) is 26.0 Å². The number of pyridine rings is 1. The number of carbonyl (C=O) groups is 1. The van der Waals surface area contributed by atoms with Crippen LogP contribution in [0.1, 0.15) is 38.2 Å². The predicted molar refractivity (Wildman–Crippen MR) is 112 cm³/mol. The zero-order chi connectivity index (χ0) is 20.3. The molecule has 1 atom stereocenters. The molecule has 0 spiro atoms.